The van der Waals surface area contributed by atoms with Crippen molar-refractivity contribution in [3.8, 4) is 0 Å². The van der Waals surface area contributed by atoms with Gasteiger partial charge in [0.1, 0.15) is 5.69 Å². The van der Waals surface area contributed by atoms with Crippen molar-refractivity contribution in [2.75, 3.05) is 32.1 Å². The monoisotopic (exact) mass is 293 g/mol. The Morgan fingerprint density at radius 3 is 2.25 bits per heavy atom. The average Bonchev–Trinajstić information content (AvgIpc) is 2.67. The maximum Gasteiger partial charge on any atom is 0.253 e. The van der Waals surface area contributed by atoms with Gasteiger partial charge in [-0.1, -0.05) is 0 Å². The lowest BCUT2D eigenvalue weighted by atomic mass is 10.2. The van der Waals surface area contributed by atoms with Crippen LogP contribution in [0.25, 0.3) is 0 Å². The Morgan fingerprint density at radius 2 is 1.75 bits per heavy atom. The second-order valence-electron chi connectivity index (χ2n) is 5.13. The van der Waals surface area contributed by atoms with Crippen molar-refractivity contribution in [2.45, 2.75) is 18.6 Å². The predicted octanol–water partition coefficient (Wildman–Crippen LogP) is 1.14. The minimum atomic E-state index is -1.69. The molecule has 1 saturated heterocycles. The molecule has 8 heteroatoms. The molecule has 1 fully saturated rings. The molecule has 1 aliphatic rings. The van der Waals surface area contributed by atoms with E-state index < -0.39 is 41.4 Å². The predicted molar refractivity (Wildman–Crippen MR) is 64.4 cm³/mol. The quantitative estimate of drug-likeness (QED) is 0.670. The van der Waals surface area contributed by atoms with E-state index >= 15 is 0 Å². The van der Waals surface area contributed by atoms with Crippen LogP contribution in [-0.2, 0) is 0 Å². The number of hydrogen-bond donors (Lipinski definition) is 1. The first-order valence-corrected chi connectivity index (χ1v) is 6.10. The number of hydrogen-bond acceptors (Lipinski definition) is 4. The van der Waals surface area contributed by atoms with Crippen molar-refractivity contribution in [1.82, 2.24) is 9.88 Å². The van der Waals surface area contributed by atoms with E-state index in [1.165, 1.54) is 0 Å². The molecule has 1 aliphatic heterocycles. The second kappa shape index (κ2) is 5.53. The van der Waals surface area contributed by atoms with Gasteiger partial charge < -0.3 is 14.9 Å². The summed E-state index contributed by atoms with van der Waals surface area (Å²) in [5.41, 5.74) is -0.807. The molecule has 0 aliphatic carbocycles. The van der Waals surface area contributed by atoms with Gasteiger partial charge in [-0.3, -0.25) is 0 Å². The fraction of sp³-hybridized carbons (Fsp3) is 0.583. The average molecular weight is 293 g/mol. The summed E-state index contributed by atoms with van der Waals surface area (Å²) in [6.07, 6.45) is -0.541. The minimum Gasteiger partial charge on any atom is -0.391 e. The lowest BCUT2D eigenvalue weighted by molar-refractivity contribution is 0.191. The zero-order chi connectivity index (χ0) is 15.0. The molecule has 0 spiro atoms. The summed E-state index contributed by atoms with van der Waals surface area (Å²) in [5, 5.41) is 9.66. The normalized spacial score (nSPS) is 22.9. The van der Waals surface area contributed by atoms with Crippen LogP contribution >= 0.6 is 0 Å². The molecular formula is C12H15F4N3O. The van der Waals surface area contributed by atoms with Crippen LogP contribution in [-0.4, -0.2) is 54.3 Å². The third-order valence-electron chi connectivity index (χ3n) is 3.23. The van der Waals surface area contributed by atoms with E-state index in [1.54, 1.807) is 19.0 Å². The SMILES string of the molecule is CN(C)CC1CC(O)CN1c1c(F)c(F)nc(F)c1F. The van der Waals surface area contributed by atoms with E-state index in [1.807, 2.05) is 0 Å². The lowest BCUT2D eigenvalue weighted by Gasteiger charge is -2.29. The van der Waals surface area contributed by atoms with Crippen LogP contribution < -0.4 is 4.90 Å². The number of rotatable bonds is 3. The zero-order valence-corrected chi connectivity index (χ0v) is 11.1. The van der Waals surface area contributed by atoms with Gasteiger partial charge in [0.2, 0.25) is 11.6 Å². The van der Waals surface area contributed by atoms with E-state index in [4.69, 9.17) is 0 Å². The molecule has 20 heavy (non-hydrogen) atoms. The number of aliphatic hydroxyl groups excluding tert-OH is 1. The largest absolute Gasteiger partial charge is 0.391 e. The van der Waals surface area contributed by atoms with Gasteiger partial charge in [0.05, 0.1) is 6.10 Å². The summed E-state index contributed by atoms with van der Waals surface area (Å²) in [4.78, 5) is 5.45. The van der Waals surface area contributed by atoms with E-state index in [0.717, 1.165) is 4.90 Å². The van der Waals surface area contributed by atoms with Crippen LogP contribution in [0.2, 0.25) is 0 Å². The first-order chi connectivity index (χ1) is 9.31. The molecule has 1 aromatic rings. The van der Waals surface area contributed by atoms with Crippen LogP contribution in [0.1, 0.15) is 6.42 Å². The number of halogens is 4. The summed E-state index contributed by atoms with van der Waals surface area (Å²) < 4.78 is 53.8. The zero-order valence-electron chi connectivity index (χ0n) is 11.1. The van der Waals surface area contributed by atoms with Crippen LogP contribution in [0.5, 0.6) is 0 Å². The molecule has 2 unspecified atom stereocenters. The van der Waals surface area contributed by atoms with Gasteiger partial charge >= 0.3 is 0 Å². The Bertz CT molecular complexity index is 486. The Labute approximate surface area is 113 Å². The van der Waals surface area contributed by atoms with E-state index in [9.17, 15) is 22.7 Å². The fourth-order valence-corrected chi connectivity index (χ4v) is 2.49. The molecule has 2 atom stereocenters. The van der Waals surface area contributed by atoms with Crippen molar-refractivity contribution in [3.63, 3.8) is 0 Å². The molecular weight excluding hydrogens is 278 g/mol. The van der Waals surface area contributed by atoms with E-state index in [-0.39, 0.29) is 13.0 Å². The van der Waals surface area contributed by atoms with Crippen LogP contribution in [0.4, 0.5) is 23.2 Å². The van der Waals surface area contributed by atoms with E-state index in [2.05, 4.69) is 4.98 Å². The van der Waals surface area contributed by atoms with Gasteiger partial charge in [0, 0.05) is 19.1 Å². The highest BCUT2D eigenvalue weighted by Gasteiger charge is 2.36. The smallest absolute Gasteiger partial charge is 0.253 e. The Hall–Kier alpha value is -1.41. The third kappa shape index (κ3) is 2.71. The molecule has 112 valence electrons. The van der Waals surface area contributed by atoms with Crippen molar-refractivity contribution in [3.05, 3.63) is 23.5 Å². The van der Waals surface area contributed by atoms with Gasteiger partial charge in [-0.25, -0.2) is 0 Å². The summed E-state index contributed by atoms with van der Waals surface area (Å²) in [6, 6.07) is -0.440. The van der Waals surface area contributed by atoms with Gasteiger partial charge in [-0.15, -0.1) is 0 Å². The molecule has 0 aromatic carbocycles. The Morgan fingerprint density at radius 1 is 1.20 bits per heavy atom. The number of pyridine rings is 1. The number of aliphatic hydroxyl groups is 1. The van der Waals surface area contributed by atoms with Gasteiger partial charge in [0.15, 0.2) is 0 Å². The van der Waals surface area contributed by atoms with Crippen molar-refractivity contribution in [2.24, 2.45) is 0 Å². The first kappa shape index (κ1) is 15.0. The molecule has 1 aromatic heterocycles. The highest BCUT2D eigenvalue weighted by atomic mass is 19.2. The third-order valence-corrected chi connectivity index (χ3v) is 3.23. The van der Waals surface area contributed by atoms with Crippen molar-refractivity contribution < 1.29 is 22.7 Å². The molecule has 0 amide bonds. The van der Waals surface area contributed by atoms with Gasteiger partial charge in [-0.2, -0.15) is 22.5 Å². The molecule has 0 bridgehead atoms. The maximum absolute atomic E-state index is 13.8. The first-order valence-electron chi connectivity index (χ1n) is 6.10. The molecule has 2 heterocycles. The number of anilines is 1. The van der Waals surface area contributed by atoms with Crippen molar-refractivity contribution >= 4 is 5.69 Å². The van der Waals surface area contributed by atoms with Gasteiger partial charge in [-0.05, 0) is 20.5 Å². The molecule has 0 radical (unpaired) electrons. The second-order valence-corrected chi connectivity index (χ2v) is 5.13. The molecule has 4 nitrogen and oxygen atoms in total. The minimum absolute atomic E-state index is 0.0881. The fourth-order valence-electron chi connectivity index (χ4n) is 2.49. The summed E-state index contributed by atoms with van der Waals surface area (Å²) >= 11 is 0. The highest BCUT2D eigenvalue weighted by Crippen LogP contribution is 2.32. The number of likely N-dealkylation sites (N-methyl/N-ethyl adjacent to an activating group) is 1. The number of nitrogens with zero attached hydrogens (tertiary/aromatic N) is 3. The molecule has 1 N–H and O–H groups in total. The van der Waals surface area contributed by atoms with E-state index in [0.29, 0.717) is 6.54 Å². The number of β-amino-alcohol motifs (C(OH)–C–C–N with tert-alkyl or cyclic N) is 1. The molecule has 0 saturated carbocycles. The van der Waals surface area contributed by atoms with Crippen LogP contribution in [0.15, 0.2) is 0 Å². The molecule has 2 rings (SSSR count). The Balaban J connectivity index is 2.43. The number of aromatic nitrogens is 1. The maximum atomic E-state index is 13.8. The summed E-state index contributed by atoms with van der Waals surface area (Å²) in [5.74, 6) is -6.46. The van der Waals surface area contributed by atoms with Crippen LogP contribution in [0, 0.1) is 23.5 Å². The Kier molecular flexibility index (Phi) is 4.14. The highest BCUT2D eigenvalue weighted by molar-refractivity contribution is 5.51. The van der Waals surface area contributed by atoms with Gasteiger partial charge in [0.25, 0.3) is 11.9 Å². The summed E-state index contributed by atoms with van der Waals surface area (Å²) in [6.45, 7) is 0.302. The topological polar surface area (TPSA) is 39.6 Å². The van der Waals surface area contributed by atoms with Crippen molar-refractivity contribution in [1.29, 1.82) is 0 Å². The lowest BCUT2D eigenvalue weighted by Crippen LogP contribution is -2.39. The standard InChI is InChI=1S/C12H15F4N3O/c1-18(2)4-6-3-7(20)5-19(6)10-8(13)11(15)17-12(16)9(10)14/h6-7,20H,3-5H2,1-2H3. The van der Waals surface area contributed by atoms with Crippen LogP contribution in [0.3, 0.4) is 0 Å². The summed E-state index contributed by atoms with van der Waals surface area (Å²) in [7, 11) is 3.51.